The molecule has 31 heavy (non-hydrogen) atoms. The summed E-state index contributed by atoms with van der Waals surface area (Å²) in [7, 11) is 1.66. The Bertz CT molecular complexity index is 1010. The van der Waals surface area contributed by atoms with Crippen LogP contribution in [0, 0.1) is 0 Å². The summed E-state index contributed by atoms with van der Waals surface area (Å²) in [4.78, 5) is 14.3. The summed E-state index contributed by atoms with van der Waals surface area (Å²) in [5, 5.41) is 7.00. The molecule has 2 aliphatic rings. The van der Waals surface area contributed by atoms with Crippen molar-refractivity contribution < 1.29 is 9.47 Å². The van der Waals surface area contributed by atoms with Gasteiger partial charge >= 0.3 is 0 Å². The van der Waals surface area contributed by atoms with Gasteiger partial charge in [0.15, 0.2) is 17.0 Å². The number of benzene rings is 1. The van der Waals surface area contributed by atoms with Crippen LogP contribution in [0.1, 0.15) is 57.6 Å². The number of nitrogens with one attached hydrogen (secondary N) is 2. The smallest absolute Gasteiger partial charge is 0.231 e. The molecule has 1 atom stereocenters. The lowest BCUT2D eigenvalue weighted by Gasteiger charge is -2.25. The fourth-order valence-corrected chi connectivity index (χ4v) is 4.47. The molecule has 1 saturated heterocycles. The highest BCUT2D eigenvalue weighted by Crippen LogP contribution is 2.31. The lowest BCUT2D eigenvalue weighted by atomic mass is 9.95. The molecule has 2 aromatic heterocycles. The van der Waals surface area contributed by atoms with Crippen molar-refractivity contribution in [3.05, 3.63) is 30.6 Å². The summed E-state index contributed by atoms with van der Waals surface area (Å²) in [6.07, 6.45) is 11.2. The minimum absolute atomic E-state index is 0.0231. The van der Waals surface area contributed by atoms with E-state index in [0.717, 1.165) is 54.3 Å². The molecule has 0 radical (unpaired) electrons. The maximum absolute atomic E-state index is 6.01. The zero-order valence-electron chi connectivity index (χ0n) is 18.0. The van der Waals surface area contributed by atoms with Crippen LogP contribution < -0.4 is 15.4 Å². The quantitative estimate of drug-likeness (QED) is 0.577. The first-order valence-electron chi connectivity index (χ1n) is 11.3. The number of ether oxygens (including phenoxy) is 2. The van der Waals surface area contributed by atoms with E-state index in [2.05, 4.69) is 20.2 Å². The van der Waals surface area contributed by atoms with Crippen molar-refractivity contribution in [1.82, 2.24) is 19.5 Å². The molecule has 0 amide bonds. The third-order valence-corrected chi connectivity index (χ3v) is 6.18. The van der Waals surface area contributed by atoms with Crippen LogP contribution in [-0.4, -0.2) is 39.3 Å². The van der Waals surface area contributed by atoms with Crippen molar-refractivity contribution in [2.24, 2.45) is 0 Å². The minimum atomic E-state index is -0.0231. The summed E-state index contributed by atoms with van der Waals surface area (Å²) < 4.78 is 13.3. The van der Waals surface area contributed by atoms with Gasteiger partial charge in [0.1, 0.15) is 12.0 Å². The summed E-state index contributed by atoms with van der Waals surface area (Å²) >= 11 is 0. The van der Waals surface area contributed by atoms with Crippen LogP contribution in [0.2, 0.25) is 0 Å². The molecule has 0 bridgehead atoms. The van der Waals surface area contributed by atoms with Gasteiger partial charge in [0.25, 0.3) is 0 Å². The Hall–Kier alpha value is -2.87. The normalized spacial score (nSPS) is 20.0. The van der Waals surface area contributed by atoms with Gasteiger partial charge in [-0.2, -0.15) is 9.97 Å². The first kappa shape index (κ1) is 20.1. The van der Waals surface area contributed by atoms with Gasteiger partial charge in [-0.25, -0.2) is 4.98 Å². The topological polar surface area (TPSA) is 86.1 Å². The van der Waals surface area contributed by atoms with E-state index in [-0.39, 0.29) is 6.23 Å². The third kappa shape index (κ3) is 4.44. The van der Waals surface area contributed by atoms with Gasteiger partial charge in [0.2, 0.25) is 5.95 Å². The molecule has 2 N–H and O–H groups in total. The molecule has 2 fully saturated rings. The molecule has 1 aromatic carbocycles. The largest absolute Gasteiger partial charge is 0.497 e. The molecular formula is C23H30N6O2. The van der Waals surface area contributed by atoms with Gasteiger partial charge in [0.05, 0.1) is 13.4 Å². The van der Waals surface area contributed by atoms with Crippen LogP contribution in [0.25, 0.3) is 11.2 Å². The number of hydrogen-bond donors (Lipinski definition) is 2. The van der Waals surface area contributed by atoms with Gasteiger partial charge in [-0.05, 0) is 56.4 Å². The lowest BCUT2D eigenvalue weighted by Crippen LogP contribution is -2.23. The van der Waals surface area contributed by atoms with E-state index in [1.165, 1.54) is 32.1 Å². The highest BCUT2D eigenvalue weighted by Gasteiger charge is 2.23. The lowest BCUT2D eigenvalue weighted by molar-refractivity contribution is -0.0298. The SMILES string of the molecule is COc1ccc(Nc2nc(NC3CCCCC3)c3ncn(C4CCCCO4)c3n2)cc1. The van der Waals surface area contributed by atoms with Crippen molar-refractivity contribution in [2.75, 3.05) is 24.4 Å². The van der Waals surface area contributed by atoms with Gasteiger partial charge in [-0.1, -0.05) is 19.3 Å². The molecule has 3 heterocycles. The van der Waals surface area contributed by atoms with Gasteiger partial charge < -0.3 is 20.1 Å². The third-order valence-electron chi connectivity index (χ3n) is 6.18. The van der Waals surface area contributed by atoms with Gasteiger partial charge in [-0.3, -0.25) is 4.57 Å². The highest BCUT2D eigenvalue weighted by atomic mass is 16.5. The van der Waals surface area contributed by atoms with Crippen LogP contribution in [-0.2, 0) is 4.74 Å². The number of aromatic nitrogens is 4. The molecule has 1 aliphatic carbocycles. The molecule has 8 heteroatoms. The van der Waals surface area contributed by atoms with Gasteiger partial charge in [0, 0.05) is 18.3 Å². The van der Waals surface area contributed by atoms with E-state index < -0.39 is 0 Å². The second-order valence-corrected chi connectivity index (χ2v) is 8.37. The Balaban J connectivity index is 1.50. The summed E-state index contributed by atoms with van der Waals surface area (Å²) in [6, 6.07) is 8.19. The first-order chi connectivity index (χ1) is 15.3. The molecule has 5 rings (SSSR count). The maximum atomic E-state index is 6.01. The second-order valence-electron chi connectivity index (χ2n) is 8.37. The number of fused-ring (bicyclic) bond motifs is 1. The molecular weight excluding hydrogens is 392 g/mol. The molecule has 164 valence electrons. The number of imidazole rings is 1. The molecule has 1 unspecified atom stereocenters. The average Bonchev–Trinajstić information content (AvgIpc) is 3.25. The Morgan fingerprint density at radius 1 is 1.00 bits per heavy atom. The number of hydrogen-bond acceptors (Lipinski definition) is 7. The summed E-state index contributed by atoms with van der Waals surface area (Å²) in [5.74, 6) is 2.16. The van der Waals surface area contributed by atoms with E-state index >= 15 is 0 Å². The van der Waals surface area contributed by atoms with Crippen LogP contribution in [0.4, 0.5) is 17.5 Å². The van der Waals surface area contributed by atoms with Crippen molar-refractivity contribution in [3.63, 3.8) is 0 Å². The second kappa shape index (κ2) is 9.09. The number of methoxy groups -OCH3 is 1. The van der Waals surface area contributed by atoms with Crippen LogP contribution in [0.5, 0.6) is 5.75 Å². The van der Waals surface area contributed by atoms with Crippen molar-refractivity contribution >= 4 is 28.6 Å². The zero-order valence-corrected chi connectivity index (χ0v) is 18.0. The first-order valence-corrected chi connectivity index (χ1v) is 11.3. The Kier molecular flexibility index (Phi) is 5.88. The van der Waals surface area contributed by atoms with Crippen molar-refractivity contribution in [3.8, 4) is 5.75 Å². The predicted molar refractivity (Wildman–Crippen MR) is 121 cm³/mol. The van der Waals surface area contributed by atoms with E-state index in [9.17, 15) is 0 Å². The van der Waals surface area contributed by atoms with E-state index in [1.807, 2.05) is 30.6 Å². The van der Waals surface area contributed by atoms with E-state index in [1.54, 1.807) is 7.11 Å². The van der Waals surface area contributed by atoms with E-state index in [0.29, 0.717) is 12.0 Å². The number of nitrogens with zero attached hydrogens (tertiary/aromatic N) is 4. The monoisotopic (exact) mass is 422 g/mol. The standard InChI is InChI=1S/C23H30N6O2/c1-30-18-12-10-17(11-13-18)26-23-27-21(25-16-7-3-2-4-8-16)20-22(28-23)29(15-24-20)19-9-5-6-14-31-19/h10-13,15-16,19H,2-9,14H2,1H3,(H2,25,26,27,28). The summed E-state index contributed by atoms with van der Waals surface area (Å²) in [5.41, 5.74) is 2.51. The molecule has 3 aromatic rings. The zero-order chi connectivity index (χ0) is 21.0. The number of rotatable bonds is 6. The summed E-state index contributed by atoms with van der Waals surface area (Å²) in [6.45, 7) is 0.777. The fourth-order valence-electron chi connectivity index (χ4n) is 4.47. The molecule has 8 nitrogen and oxygen atoms in total. The Labute approximate surface area is 182 Å². The van der Waals surface area contributed by atoms with Gasteiger partial charge in [-0.15, -0.1) is 0 Å². The maximum Gasteiger partial charge on any atom is 0.231 e. The average molecular weight is 423 g/mol. The minimum Gasteiger partial charge on any atom is -0.497 e. The van der Waals surface area contributed by atoms with Crippen LogP contribution in [0.15, 0.2) is 30.6 Å². The Morgan fingerprint density at radius 3 is 2.55 bits per heavy atom. The molecule has 1 aliphatic heterocycles. The van der Waals surface area contributed by atoms with Crippen molar-refractivity contribution in [1.29, 1.82) is 0 Å². The Morgan fingerprint density at radius 2 is 1.81 bits per heavy atom. The highest BCUT2D eigenvalue weighted by molar-refractivity contribution is 5.85. The van der Waals surface area contributed by atoms with E-state index in [4.69, 9.17) is 19.4 Å². The predicted octanol–water partition coefficient (Wildman–Crippen LogP) is 5.02. The molecule has 0 spiro atoms. The molecule has 1 saturated carbocycles. The fraction of sp³-hybridized carbons (Fsp3) is 0.522. The van der Waals surface area contributed by atoms with Crippen LogP contribution in [0.3, 0.4) is 0 Å². The number of anilines is 3. The van der Waals surface area contributed by atoms with Crippen LogP contribution >= 0.6 is 0 Å². The van der Waals surface area contributed by atoms with Crippen molar-refractivity contribution in [2.45, 2.75) is 63.6 Å².